The first-order valence-corrected chi connectivity index (χ1v) is 18.1. The SMILES string of the molecule is c1ccc(-c2cccc(N(c3ccc(-c4ccc5sc6ccccc6c5c4)cc3)c3ccc(-c4ccccc4)c4c3oc3ccccc34)c2)cc1. The summed E-state index contributed by atoms with van der Waals surface area (Å²) in [5, 5.41) is 4.85. The Hall–Kier alpha value is -6.42. The van der Waals surface area contributed by atoms with E-state index in [9.17, 15) is 0 Å². The third-order valence-corrected chi connectivity index (χ3v) is 11.0. The van der Waals surface area contributed by atoms with Crippen LogP contribution in [-0.2, 0) is 0 Å². The standard InChI is InChI=1S/C48H31NOS/c1-3-12-32(13-4-1)35-16-11-17-38(30-35)49(37-25-22-33(23-26-37)36-24-29-46-42(31-36)40-18-8-10-21-45(40)51-46)43-28-27-39(34-14-5-2-6-15-34)47-41-19-7-9-20-44(41)50-48(43)47/h1-31H. The summed E-state index contributed by atoms with van der Waals surface area (Å²) in [7, 11) is 0. The lowest BCUT2D eigenvalue weighted by molar-refractivity contribution is 0.669. The van der Waals surface area contributed by atoms with Gasteiger partial charge in [-0.3, -0.25) is 0 Å². The second kappa shape index (κ2) is 12.2. The van der Waals surface area contributed by atoms with Crippen LogP contribution >= 0.6 is 11.3 Å². The van der Waals surface area contributed by atoms with E-state index in [0.29, 0.717) is 0 Å². The number of thiophene rings is 1. The molecule has 51 heavy (non-hydrogen) atoms. The fourth-order valence-corrected chi connectivity index (χ4v) is 8.53. The van der Waals surface area contributed by atoms with Gasteiger partial charge < -0.3 is 9.32 Å². The maximum Gasteiger partial charge on any atom is 0.160 e. The molecule has 0 spiro atoms. The van der Waals surface area contributed by atoms with Gasteiger partial charge in [-0.15, -0.1) is 11.3 Å². The Morgan fingerprint density at radius 3 is 1.84 bits per heavy atom. The molecular weight excluding hydrogens is 639 g/mol. The van der Waals surface area contributed by atoms with Gasteiger partial charge in [0, 0.05) is 42.3 Å². The number of benzene rings is 8. The highest BCUT2D eigenvalue weighted by Gasteiger charge is 2.22. The average Bonchev–Trinajstić information content (AvgIpc) is 3.78. The molecule has 2 heterocycles. The van der Waals surface area contributed by atoms with Gasteiger partial charge in [0.25, 0.3) is 0 Å². The monoisotopic (exact) mass is 669 g/mol. The summed E-state index contributed by atoms with van der Waals surface area (Å²) in [6, 6.07) is 67.3. The first-order valence-electron chi connectivity index (χ1n) is 17.3. The van der Waals surface area contributed by atoms with Gasteiger partial charge in [-0.2, -0.15) is 0 Å². The summed E-state index contributed by atoms with van der Waals surface area (Å²) in [5.74, 6) is 0. The first-order chi connectivity index (χ1) is 25.3. The van der Waals surface area contributed by atoms with Gasteiger partial charge in [0.05, 0.1) is 5.69 Å². The zero-order chi connectivity index (χ0) is 33.7. The highest BCUT2D eigenvalue weighted by molar-refractivity contribution is 7.25. The highest BCUT2D eigenvalue weighted by atomic mass is 32.1. The lowest BCUT2D eigenvalue weighted by Crippen LogP contribution is -2.10. The van der Waals surface area contributed by atoms with E-state index in [4.69, 9.17) is 4.42 Å². The number of furan rings is 1. The van der Waals surface area contributed by atoms with Crippen LogP contribution in [0.5, 0.6) is 0 Å². The van der Waals surface area contributed by atoms with Gasteiger partial charge in [-0.05, 0) is 88.0 Å². The van der Waals surface area contributed by atoms with Crippen LogP contribution in [0.3, 0.4) is 0 Å². The molecule has 0 radical (unpaired) electrons. The molecule has 0 aliphatic rings. The molecule has 0 bridgehead atoms. The van der Waals surface area contributed by atoms with E-state index in [1.54, 1.807) is 0 Å². The van der Waals surface area contributed by atoms with Crippen molar-refractivity contribution < 1.29 is 4.42 Å². The van der Waals surface area contributed by atoms with Gasteiger partial charge in [0.2, 0.25) is 0 Å². The molecule has 0 aliphatic carbocycles. The normalized spacial score (nSPS) is 11.5. The Balaban J connectivity index is 1.16. The van der Waals surface area contributed by atoms with Crippen LogP contribution in [0.2, 0.25) is 0 Å². The average molecular weight is 670 g/mol. The van der Waals surface area contributed by atoms with Crippen molar-refractivity contribution in [3.05, 3.63) is 188 Å². The summed E-state index contributed by atoms with van der Waals surface area (Å²) in [6.07, 6.45) is 0. The molecule has 10 aromatic rings. The number of hydrogen-bond acceptors (Lipinski definition) is 3. The first kappa shape index (κ1) is 29.5. The largest absolute Gasteiger partial charge is 0.454 e. The summed E-state index contributed by atoms with van der Waals surface area (Å²) in [6.45, 7) is 0. The quantitative estimate of drug-likeness (QED) is 0.175. The number of nitrogens with zero attached hydrogens (tertiary/aromatic N) is 1. The molecular formula is C48H31NOS. The van der Waals surface area contributed by atoms with Crippen molar-refractivity contribution in [2.45, 2.75) is 0 Å². The van der Waals surface area contributed by atoms with Crippen LogP contribution in [0.1, 0.15) is 0 Å². The number of para-hydroxylation sites is 1. The summed E-state index contributed by atoms with van der Waals surface area (Å²) in [5.41, 5.74) is 11.9. The van der Waals surface area contributed by atoms with Crippen LogP contribution in [0.25, 0.3) is 75.5 Å². The summed E-state index contributed by atoms with van der Waals surface area (Å²) < 4.78 is 9.44. The Morgan fingerprint density at radius 1 is 0.392 bits per heavy atom. The molecule has 240 valence electrons. The fourth-order valence-electron chi connectivity index (χ4n) is 7.44. The second-order valence-electron chi connectivity index (χ2n) is 12.9. The maximum atomic E-state index is 6.81. The Kier molecular flexibility index (Phi) is 7.04. The van der Waals surface area contributed by atoms with Gasteiger partial charge in [0.1, 0.15) is 5.58 Å². The van der Waals surface area contributed by atoms with Crippen molar-refractivity contribution in [3.63, 3.8) is 0 Å². The molecule has 2 nitrogen and oxygen atoms in total. The zero-order valence-corrected chi connectivity index (χ0v) is 28.5. The minimum Gasteiger partial charge on any atom is -0.454 e. The van der Waals surface area contributed by atoms with Crippen molar-refractivity contribution in [2.75, 3.05) is 4.90 Å². The number of anilines is 3. The van der Waals surface area contributed by atoms with Crippen molar-refractivity contribution in [2.24, 2.45) is 0 Å². The highest BCUT2D eigenvalue weighted by Crippen LogP contribution is 2.46. The molecule has 8 aromatic carbocycles. The number of hydrogen-bond donors (Lipinski definition) is 0. The molecule has 0 unspecified atom stereocenters. The Labute approximate surface area is 300 Å². The van der Waals surface area contributed by atoms with Gasteiger partial charge in [-0.1, -0.05) is 133 Å². The predicted molar refractivity (Wildman–Crippen MR) is 218 cm³/mol. The molecule has 10 rings (SSSR count). The van der Waals surface area contributed by atoms with Crippen molar-refractivity contribution >= 4 is 70.5 Å². The topological polar surface area (TPSA) is 16.4 Å². The van der Waals surface area contributed by atoms with Gasteiger partial charge in [0.15, 0.2) is 5.58 Å². The molecule has 0 atom stereocenters. The predicted octanol–water partition coefficient (Wildman–Crippen LogP) is 14.4. The Bertz CT molecular complexity index is 2850. The van der Waals surface area contributed by atoms with Gasteiger partial charge >= 0.3 is 0 Å². The van der Waals surface area contributed by atoms with Crippen LogP contribution in [0.15, 0.2) is 192 Å². The second-order valence-corrected chi connectivity index (χ2v) is 14.0. The van der Waals surface area contributed by atoms with E-state index < -0.39 is 0 Å². The minimum absolute atomic E-state index is 0.863. The molecule has 0 amide bonds. The van der Waals surface area contributed by atoms with E-state index in [0.717, 1.165) is 55.7 Å². The smallest absolute Gasteiger partial charge is 0.160 e. The van der Waals surface area contributed by atoms with E-state index in [1.807, 2.05) is 17.4 Å². The van der Waals surface area contributed by atoms with Crippen LogP contribution in [-0.4, -0.2) is 0 Å². The molecule has 0 aliphatic heterocycles. The third-order valence-electron chi connectivity index (χ3n) is 9.88. The van der Waals surface area contributed by atoms with Crippen molar-refractivity contribution in [1.29, 1.82) is 0 Å². The molecule has 0 fully saturated rings. The lowest BCUT2D eigenvalue weighted by Gasteiger charge is -2.27. The van der Waals surface area contributed by atoms with E-state index >= 15 is 0 Å². The summed E-state index contributed by atoms with van der Waals surface area (Å²) in [4.78, 5) is 2.34. The third kappa shape index (κ3) is 5.10. The number of rotatable bonds is 6. The molecule has 3 heteroatoms. The fraction of sp³-hybridized carbons (Fsp3) is 0. The number of fused-ring (bicyclic) bond motifs is 6. The van der Waals surface area contributed by atoms with Crippen molar-refractivity contribution in [1.82, 2.24) is 0 Å². The van der Waals surface area contributed by atoms with E-state index in [-0.39, 0.29) is 0 Å². The maximum absolute atomic E-state index is 6.81. The molecule has 0 N–H and O–H groups in total. The lowest BCUT2D eigenvalue weighted by atomic mass is 9.97. The molecule has 0 saturated heterocycles. The Morgan fingerprint density at radius 2 is 1.02 bits per heavy atom. The van der Waals surface area contributed by atoms with E-state index in [2.05, 4.69) is 187 Å². The zero-order valence-electron chi connectivity index (χ0n) is 27.7. The summed E-state index contributed by atoms with van der Waals surface area (Å²) >= 11 is 1.85. The molecule has 0 saturated carbocycles. The minimum atomic E-state index is 0.863. The van der Waals surface area contributed by atoms with E-state index in [1.165, 1.54) is 36.9 Å². The van der Waals surface area contributed by atoms with Crippen molar-refractivity contribution in [3.8, 4) is 33.4 Å². The van der Waals surface area contributed by atoms with Gasteiger partial charge in [-0.25, -0.2) is 0 Å². The van der Waals surface area contributed by atoms with Crippen LogP contribution in [0.4, 0.5) is 17.1 Å². The van der Waals surface area contributed by atoms with Crippen LogP contribution in [0, 0.1) is 0 Å². The van der Waals surface area contributed by atoms with Crippen LogP contribution < -0.4 is 4.90 Å². The molecule has 2 aromatic heterocycles.